The molecule has 1 amide bonds. The molecule has 0 saturated heterocycles. The van der Waals surface area contributed by atoms with Crippen LogP contribution in [0.15, 0.2) is 18.2 Å². The van der Waals surface area contributed by atoms with Gasteiger partial charge in [-0.05, 0) is 25.1 Å². The minimum atomic E-state index is -1.10. The fourth-order valence-corrected chi connectivity index (χ4v) is 1.65. The van der Waals surface area contributed by atoms with Crippen LogP contribution in [0, 0.1) is 0 Å². The second kappa shape index (κ2) is 4.99. The number of carbonyl (C=O) groups excluding carboxylic acids is 1. The molecule has 1 rings (SSSR count). The summed E-state index contributed by atoms with van der Waals surface area (Å²) in [5.41, 5.74) is 0.399. The Balaban J connectivity index is 3.31. The van der Waals surface area contributed by atoms with E-state index in [4.69, 9.17) is 16.7 Å². The van der Waals surface area contributed by atoms with Gasteiger partial charge in [-0.2, -0.15) is 0 Å². The molecule has 1 N–H and O–H groups in total. The molecule has 0 aliphatic carbocycles. The van der Waals surface area contributed by atoms with Crippen LogP contribution in [0.3, 0.4) is 0 Å². The van der Waals surface area contributed by atoms with Crippen LogP contribution in [0.25, 0.3) is 0 Å². The fraction of sp³-hybridized carbons (Fsp3) is 0.273. The molecule has 0 aliphatic heterocycles. The molecular formula is C11H12ClNO3. The maximum atomic E-state index is 11.3. The highest BCUT2D eigenvalue weighted by molar-refractivity contribution is 6.31. The zero-order valence-electron chi connectivity index (χ0n) is 9.03. The standard InChI is InChI=1S/C11H12ClNO3/c1-3-13(7(2)14)10-5-4-8(12)6-9(10)11(15)16/h4-6H,3H2,1-2H3,(H,15,16). The minimum absolute atomic E-state index is 0.0320. The highest BCUT2D eigenvalue weighted by Crippen LogP contribution is 2.24. The van der Waals surface area contributed by atoms with Gasteiger partial charge in [0, 0.05) is 18.5 Å². The Morgan fingerprint density at radius 3 is 2.50 bits per heavy atom. The maximum Gasteiger partial charge on any atom is 0.337 e. The first-order valence-corrected chi connectivity index (χ1v) is 5.16. The van der Waals surface area contributed by atoms with Gasteiger partial charge in [0.1, 0.15) is 0 Å². The molecule has 0 aromatic heterocycles. The number of carboxylic acid groups (broad SMARTS) is 1. The zero-order valence-corrected chi connectivity index (χ0v) is 9.78. The molecular weight excluding hydrogens is 230 g/mol. The summed E-state index contributed by atoms with van der Waals surface area (Å²) in [7, 11) is 0. The van der Waals surface area contributed by atoms with E-state index in [-0.39, 0.29) is 11.5 Å². The number of aromatic carboxylic acids is 1. The van der Waals surface area contributed by atoms with Crippen molar-refractivity contribution in [1.29, 1.82) is 0 Å². The van der Waals surface area contributed by atoms with Crippen LogP contribution in [0.4, 0.5) is 5.69 Å². The summed E-state index contributed by atoms with van der Waals surface area (Å²) < 4.78 is 0. The number of nitrogens with zero attached hydrogens (tertiary/aromatic N) is 1. The number of halogens is 1. The largest absolute Gasteiger partial charge is 0.478 e. The van der Waals surface area contributed by atoms with Gasteiger partial charge in [-0.1, -0.05) is 11.6 Å². The molecule has 0 radical (unpaired) electrons. The smallest absolute Gasteiger partial charge is 0.337 e. The molecule has 0 atom stereocenters. The summed E-state index contributed by atoms with van der Waals surface area (Å²) in [5.74, 6) is -1.30. The zero-order chi connectivity index (χ0) is 12.3. The van der Waals surface area contributed by atoms with Crippen LogP contribution in [0.2, 0.25) is 5.02 Å². The predicted molar refractivity (Wildman–Crippen MR) is 62.1 cm³/mol. The number of amides is 1. The quantitative estimate of drug-likeness (QED) is 0.884. The lowest BCUT2D eigenvalue weighted by Gasteiger charge is -2.21. The molecule has 86 valence electrons. The Morgan fingerprint density at radius 1 is 1.44 bits per heavy atom. The molecule has 0 saturated carbocycles. The lowest BCUT2D eigenvalue weighted by Crippen LogP contribution is -2.29. The van der Waals surface area contributed by atoms with Gasteiger partial charge in [-0.15, -0.1) is 0 Å². The summed E-state index contributed by atoms with van der Waals surface area (Å²) in [5, 5.41) is 9.35. The number of hydrogen-bond acceptors (Lipinski definition) is 2. The molecule has 0 spiro atoms. The maximum absolute atomic E-state index is 11.3. The normalized spacial score (nSPS) is 9.94. The van der Waals surface area contributed by atoms with E-state index in [1.54, 1.807) is 13.0 Å². The van der Waals surface area contributed by atoms with Crippen LogP contribution in [-0.2, 0) is 4.79 Å². The molecule has 4 nitrogen and oxygen atoms in total. The summed E-state index contributed by atoms with van der Waals surface area (Å²) >= 11 is 5.72. The van der Waals surface area contributed by atoms with Gasteiger partial charge in [0.2, 0.25) is 5.91 Å². The second-order valence-corrected chi connectivity index (χ2v) is 3.67. The van der Waals surface area contributed by atoms with Crippen molar-refractivity contribution in [1.82, 2.24) is 0 Å². The molecule has 0 unspecified atom stereocenters. The molecule has 5 heteroatoms. The van der Waals surface area contributed by atoms with E-state index in [9.17, 15) is 9.59 Å². The van der Waals surface area contributed by atoms with E-state index < -0.39 is 5.97 Å². The van der Waals surface area contributed by atoms with E-state index in [2.05, 4.69) is 0 Å². The average Bonchev–Trinajstić information content (AvgIpc) is 2.20. The van der Waals surface area contributed by atoms with Crippen molar-refractivity contribution in [3.8, 4) is 0 Å². The Morgan fingerprint density at radius 2 is 2.06 bits per heavy atom. The molecule has 1 aromatic rings. The third-order valence-electron chi connectivity index (χ3n) is 2.18. The van der Waals surface area contributed by atoms with E-state index in [0.717, 1.165) is 0 Å². The summed E-state index contributed by atoms with van der Waals surface area (Å²) in [6.07, 6.45) is 0. The number of rotatable bonds is 3. The fourth-order valence-electron chi connectivity index (χ4n) is 1.48. The van der Waals surface area contributed by atoms with Crippen molar-refractivity contribution in [2.45, 2.75) is 13.8 Å². The molecule has 16 heavy (non-hydrogen) atoms. The summed E-state index contributed by atoms with van der Waals surface area (Å²) in [6, 6.07) is 4.44. The van der Waals surface area contributed by atoms with Crippen LogP contribution < -0.4 is 4.90 Å². The number of anilines is 1. The number of carbonyl (C=O) groups is 2. The van der Waals surface area contributed by atoms with Crippen LogP contribution in [0.1, 0.15) is 24.2 Å². The van der Waals surface area contributed by atoms with Crippen molar-refractivity contribution >= 4 is 29.2 Å². The van der Waals surface area contributed by atoms with Gasteiger partial charge in [0.15, 0.2) is 0 Å². The molecule has 0 bridgehead atoms. The van der Waals surface area contributed by atoms with Crippen molar-refractivity contribution in [3.05, 3.63) is 28.8 Å². The van der Waals surface area contributed by atoms with Crippen LogP contribution in [0.5, 0.6) is 0 Å². The molecule has 0 fully saturated rings. The van der Waals surface area contributed by atoms with Crippen LogP contribution in [-0.4, -0.2) is 23.5 Å². The average molecular weight is 242 g/mol. The van der Waals surface area contributed by atoms with Crippen LogP contribution >= 0.6 is 11.6 Å². The van der Waals surface area contributed by atoms with Gasteiger partial charge in [-0.3, -0.25) is 4.79 Å². The van der Waals surface area contributed by atoms with E-state index in [1.807, 2.05) is 0 Å². The monoisotopic (exact) mass is 241 g/mol. The number of benzene rings is 1. The Hall–Kier alpha value is -1.55. The Kier molecular flexibility index (Phi) is 3.90. The first kappa shape index (κ1) is 12.5. The van der Waals surface area contributed by atoms with Crippen molar-refractivity contribution in [3.63, 3.8) is 0 Å². The highest BCUT2D eigenvalue weighted by atomic mass is 35.5. The third-order valence-corrected chi connectivity index (χ3v) is 2.41. The lowest BCUT2D eigenvalue weighted by molar-refractivity contribution is -0.116. The third kappa shape index (κ3) is 2.52. The van der Waals surface area contributed by atoms with Gasteiger partial charge >= 0.3 is 5.97 Å². The first-order chi connectivity index (χ1) is 7.47. The topological polar surface area (TPSA) is 57.6 Å². The highest BCUT2D eigenvalue weighted by Gasteiger charge is 2.17. The summed E-state index contributed by atoms with van der Waals surface area (Å²) in [6.45, 7) is 3.59. The Bertz CT molecular complexity index is 431. The van der Waals surface area contributed by atoms with E-state index in [0.29, 0.717) is 17.3 Å². The minimum Gasteiger partial charge on any atom is -0.478 e. The van der Waals surface area contributed by atoms with E-state index in [1.165, 1.54) is 24.0 Å². The molecule has 0 heterocycles. The second-order valence-electron chi connectivity index (χ2n) is 3.23. The van der Waals surface area contributed by atoms with Gasteiger partial charge < -0.3 is 10.0 Å². The molecule has 0 aliphatic rings. The first-order valence-electron chi connectivity index (χ1n) is 4.78. The number of hydrogen-bond donors (Lipinski definition) is 1. The predicted octanol–water partition coefficient (Wildman–Crippen LogP) is 2.41. The Labute approximate surface area is 98.4 Å². The SMILES string of the molecule is CCN(C(C)=O)c1ccc(Cl)cc1C(=O)O. The van der Waals surface area contributed by atoms with Crippen molar-refractivity contribution < 1.29 is 14.7 Å². The van der Waals surface area contributed by atoms with Gasteiger partial charge in [0.25, 0.3) is 0 Å². The number of carboxylic acids is 1. The van der Waals surface area contributed by atoms with E-state index >= 15 is 0 Å². The van der Waals surface area contributed by atoms with Gasteiger partial charge in [0.05, 0.1) is 11.3 Å². The van der Waals surface area contributed by atoms with Crippen molar-refractivity contribution in [2.24, 2.45) is 0 Å². The van der Waals surface area contributed by atoms with Crippen molar-refractivity contribution in [2.75, 3.05) is 11.4 Å². The molecule has 1 aromatic carbocycles. The summed E-state index contributed by atoms with van der Waals surface area (Å²) in [4.78, 5) is 23.7. The van der Waals surface area contributed by atoms with Gasteiger partial charge in [-0.25, -0.2) is 4.79 Å². The lowest BCUT2D eigenvalue weighted by atomic mass is 10.1.